The molecule has 0 bridgehead atoms. The normalized spacial score (nSPS) is 27.5. The van der Waals surface area contributed by atoms with Crippen LogP contribution in [0.4, 0.5) is 0 Å². The Morgan fingerprint density at radius 2 is 1.76 bits per heavy atom. The highest BCUT2D eigenvalue weighted by atomic mass is 16.1. The van der Waals surface area contributed by atoms with Crippen LogP contribution in [0.2, 0.25) is 0 Å². The first-order valence-electron chi connectivity index (χ1n) is 7.55. The Kier molecular flexibility index (Phi) is 3.40. The maximum absolute atomic E-state index is 12.8. The number of ketones is 2. The van der Waals surface area contributed by atoms with Crippen molar-refractivity contribution in [3.8, 4) is 0 Å². The summed E-state index contributed by atoms with van der Waals surface area (Å²) in [5.41, 5.74) is 3.77. The van der Waals surface area contributed by atoms with Gasteiger partial charge in [-0.3, -0.25) is 9.59 Å². The fourth-order valence-electron chi connectivity index (χ4n) is 3.31. The molecular weight excluding hydrogens is 260 g/mol. The number of aryl methyl sites for hydroxylation is 1. The second kappa shape index (κ2) is 5.10. The van der Waals surface area contributed by atoms with E-state index in [9.17, 15) is 9.59 Å². The van der Waals surface area contributed by atoms with E-state index in [1.54, 1.807) is 6.08 Å². The summed E-state index contributed by atoms with van der Waals surface area (Å²) in [6, 6.07) is 8.22. The summed E-state index contributed by atoms with van der Waals surface area (Å²) >= 11 is 0. The molecule has 2 aliphatic carbocycles. The molecule has 1 fully saturated rings. The zero-order valence-corrected chi connectivity index (χ0v) is 12.6. The molecule has 0 aromatic heterocycles. The Hall–Kier alpha value is -1.96. The monoisotopic (exact) mass is 280 g/mol. The van der Waals surface area contributed by atoms with Crippen molar-refractivity contribution in [1.82, 2.24) is 0 Å². The molecule has 0 heterocycles. The molecule has 0 amide bonds. The lowest BCUT2D eigenvalue weighted by atomic mass is 9.63. The smallest absolute Gasteiger partial charge is 0.168 e. The lowest BCUT2D eigenvalue weighted by Gasteiger charge is -2.38. The number of carbonyl (C=O) groups is 2. The van der Waals surface area contributed by atoms with Crippen molar-refractivity contribution in [2.45, 2.75) is 39.5 Å². The molecule has 1 saturated carbocycles. The summed E-state index contributed by atoms with van der Waals surface area (Å²) in [7, 11) is 0. The molecule has 1 aromatic rings. The van der Waals surface area contributed by atoms with Crippen LogP contribution in [0.5, 0.6) is 0 Å². The number of carbonyl (C=O) groups excluding carboxylic acids is 2. The largest absolute Gasteiger partial charge is 0.295 e. The van der Waals surface area contributed by atoms with Gasteiger partial charge in [-0.1, -0.05) is 35.4 Å². The predicted octanol–water partition coefficient (Wildman–Crippen LogP) is 4.04. The number of hydrogen-bond acceptors (Lipinski definition) is 2. The van der Waals surface area contributed by atoms with E-state index in [-0.39, 0.29) is 11.6 Å². The minimum absolute atomic E-state index is 0.168. The van der Waals surface area contributed by atoms with E-state index in [2.05, 4.69) is 19.1 Å². The summed E-state index contributed by atoms with van der Waals surface area (Å²) < 4.78 is 0. The number of benzene rings is 1. The fourth-order valence-corrected chi connectivity index (χ4v) is 3.31. The standard InChI is InChI=1S/C19H20O2/c1-13-3-5-14(6-4-13)11-15-7-8-16-12-17(20)9-10-19(16,2)18(15)21/h3-6,11-12H,7-10H2,1-2H3. The van der Waals surface area contributed by atoms with Crippen molar-refractivity contribution < 1.29 is 9.59 Å². The van der Waals surface area contributed by atoms with E-state index in [1.165, 1.54) is 5.56 Å². The maximum Gasteiger partial charge on any atom is 0.168 e. The minimum Gasteiger partial charge on any atom is -0.295 e. The SMILES string of the molecule is Cc1ccc(C=C2CCC3=CC(=O)CCC3(C)C2=O)cc1. The van der Waals surface area contributed by atoms with Gasteiger partial charge in [-0.05, 0) is 56.4 Å². The summed E-state index contributed by atoms with van der Waals surface area (Å²) in [5.74, 6) is 0.370. The van der Waals surface area contributed by atoms with Gasteiger partial charge < -0.3 is 0 Å². The van der Waals surface area contributed by atoms with Gasteiger partial charge in [-0.15, -0.1) is 0 Å². The van der Waals surface area contributed by atoms with E-state index in [0.29, 0.717) is 12.8 Å². The molecule has 108 valence electrons. The van der Waals surface area contributed by atoms with E-state index in [1.807, 2.05) is 25.1 Å². The average molecular weight is 280 g/mol. The summed E-state index contributed by atoms with van der Waals surface area (Å²) in [5, 5.41) is 0. The number of fused-ring (bicyclic) bond motifs is 1. The first-order valence-corrected chi connectivity index (χ1v) is 7.55. The van der Waals surface area contributed by atoms with E-state index in [0.717, 1.165) is 29.6 Å². The average Bonchev–Trinajstić information content (AvgIpc) is 2.47. The molecule has 0 saturated heterocycles. The van der Waals surface area contributed by atoms with Gasteiger partial charge in [-0.2, -0.15) is 0 Å². The minimum atomic E-state index is -0.456. The number of rotatable bonds is 1. The van der Waals surface area contributed by atoms with E-state index >= 15 is 0 Å². The van der Waals surface area contributed by atoms with Gasteiger partial charge in [0.15, 0.2) is 11.6 Å². The van der Waals surface area contributed by atoms with E-state index in [4.69, 9.17) is 0 Å². The van der Waals surface area contributed by atoms with Crippen molar-refractivity contribution in [1.29, 1.82) is 0 Å². The van der Waals surface area contributed by atoms with Crippen LogP contribution >= 0.6 is 0 Å². The van der Waals surface area contributed by atoms with Crippen LogP contribution < -0.4 is 0 Å². The molecule has 0 spiro atoms. The van der Waals surface area contributed by atoms with Crippen LogP contribution in [-0.4, -0.2) is 11.6 Å². The molecule has 0 aliphatic heterocycles. The quantitative estimate of drug-likeness (QED) is 0.728. The van der Waals surface area contributed by atoms with Crippen molar-refractivity contribution in [2.75, 3.05) is 0 Å². The van der Waals surface area contributed by atoms with Crippen LogP contribution in [0.1, 0.15) is 43.7 Å². The van der Waals surface area contributed by atoms with Crippen LogP contribution in [0.3, 0.4) is 0 Å². The van der Waals surface area contributed by atoms with Gasteiger partial charge in [-0.25, -0.2) is 0 Å². The highest BCUT2D eigenvalue weighted by Gasteiger charge is 2.43. The topological polar surface area (TPSA) is 34.1 Å². The molecular formula is C19H20O2. The summed E-state index contributed by atoms with van der Waals surface area (Å²) in [6.45, 7) is 4.05. The highest BCUT2D eigenvalue weighted by molar-refractivity contribution is 6.08. The lowest BCUT2D eigenvalue weighted by Crippen LogP contribution is -2.38. The molecule has 0 N–H and O–H groups in total. The van der Waals surface area contributed by atoms with Gasteiger partial charge in [0.2, 0.25) is 0 Å². The molecule has 3 rings (SSSR count). The lowest BCUT2D eigenvalue weighted by molar-refractivity contribution is -0.125. The van der Waals surface area contributed by atoms with Gasteiger partial charge in [0, 0.05) is 6.42 Å². The van der Waals surface area contributed by atoms with Gasteiger partial charge in [0.1, 0.15) is 0 Å². The van der Waals surface area contributed by atoms with Gasteiger partial charge in [0.05, 0.1) is 5.41 Å². The van der Waals surface area contributed by atoms with Gasteiger partial charge >= 0.3 is 0 Å². The number of allylic oxidation sites excluding steroid dienone is 3. The third kappa shape index (κ3) is 2.51. The van der Waals surface area contributed by atoms with Crippen molar-refractivity contribution in [2.24, 2.45) is 5.41 Å². The fraction of sp³-hybridized carbons (Fsp3) is 0.368. The van der Waals surface area contributed by atoms with Crippen molar-refractivity contribution in [3.63, 3.8) is 0 Å². The maximum atomic E-state index is 12.8. The first-order chi connectivity index (χ1) is 9.99. The Labute approximate surface area is 125 Å². The van der Waals surface area contributed by atoms with Crippen LogP contribution in [0.15, 0.2) is 41.5 Å². The Bertz CT molecular complexity index is 661. The predicted molar refractivity (Wildman–Crippen MR) is 83.8 cm³/mol. The van der Waals surface area contributed by atoms with Crippen LogP contribution in [0.25, 0.3) is 6.08 Å². The van der Waals surface area contributed by atoms with Gasteiger partial charge in [0.25, 0.3) is 0 Å². The zero-order valence-electron chi connectivity index (χ0n) is 12.6. The second-order valence-electron chi connectivity index (χ2n) is 6.38. The first kappa shape index (κ1) is 14.0. The third-order valence-corrected chi connectivity index (χ3v) is 4.79. The number of hydrogen-bond donors (Lipinski definition) is 0. The molecule has 1 atom stereocenters. The van der Waals surface area contributed by atoms with Crippen LogP contribution in [0, 0.1) is 12.3 Å². The molecule has 2 aliphatic rings. The molecule has 2 nitrogen and oxygen atoms in total. The van der Waals surface area contributed by atoms with Crippen LogP contribution in [-0.2, 0) is 9.59 Å². The van der Waals surface area contributed by atoms with E-state index < -0.39 is 5.41 Å². The molecule has 0 radical (unpaired) electrons. The second-order valence-corrected chi connectivity index (χ2v) is 6.38. The van der Waals surface area contributed by atoms with Crippen molar-refractivity contribution in [3.05, 3.63) is 52.6 Å². The Balaban J connectivity index is 1.94. The number of Topliss-reactive ketones (excluding diaryl/α,β-unsaturated/α-hetero) is 1. The Morgan fingerprint density at radius 3 is 2.48 bits per heavy atom. The summed E-state index contributed by atoms with van der Waals surface area (Å²) in [6.07, 6.45) is 6.43. The highest BCUT2D eigenvalue weighted by Crippen LogP contribution is 2.46. The molecule has 1 unspecified atom stereocenters. The molecule has 1 aromatic carbocycles. The zero-order chi connectivity index (χ0) is 15.0. The van der Waals surface area contributed by atoms with Crippen molar-refractivity contribution >= 4 is 17.6 Å². The summed E-state index contributed by atoms with van der Waals surface area (Å²) in [4.78, 5) is 24.4. The Morgan fingerprint density at radius 1 is 1.05 bits per heavy atom. The third-order valence-electron chi connectivity index (χ3n) is 4.79. The molecule has 21 heavy (non-hydrogen) atoms. The molecule has 2 heteroatoms.